The highest BCUT2D eigenvalue weighted by Crippen LogP contribution is 2.23. The van der Waals surface area contributed by atoms with E-state index in [0.29, 0.717) is 12.1 Å². The highest BCUT2D eigenvalue weighted by Gasteiger charge is 2.35. The highest BCUT2D eigenvalue weighted by molar-refractivity contribution is 5.94. The number of nitrogens with zero attached hydrogens (tertiary/aromatic N) is 2. The summed E-state index contributed by atoms with van der Waals surface area (Å²) in [5.74, 6) is -0.167. The Morgan fingerprint density at radius 1 is 1.15 bits per heavy atom. The monoisotopic (exact) mass is 375 g/mol. The summed E-state index contributed by atoms with van der Waals surface area (Å²) in [7, 11) is 0. The number of amides is 2. The van der Waals surface area contributed by atoms with Crippen LogP contribution in [0.1, 0.15) is 26.2 Å². The van der Waals surface area contributed by atoms with Crippen molar-refractivity contribution in [1.29, 1.82) is 0 Å². The van der Waals surface area contributed by atoms with Crippen LogP contribution in [0.2, 0.25) is 0 Å². The number of anilines is 1. The van der Waals surface area contributed by atoms with E-state index >= 15 is 0 Å². The maximum Gasteiger partial charge on any atom is 0.256 e. The summed E-state index contributed by atoms with van der Waals surface area (Å²) in [5, 5.41) is 13.0. The van der Waals surface area contributed by atoms with Gasteiger partial charge in [0.25, 0.3) is 5.91 Å². The van der Waals surface area contributed by atoms with Gasteiger partial charge in [0.05, 0.1) is 12.2 Å². The minimum Gasteiger partial charge on any atom is -0.390 e. The molecule has 0 bridgehead atoms. The fraction of sp³-hybridized carbons (Fsp3) is 0.600. The standard InChI is InChI=1S/C20H29N3O4/c1-15(24)23-13-11-22(12-14-23)10-9-17-7-8-18(25)19(27-17)20(26)21-16-5-3-2-4-6-16/h2-6,17-19,25H,7-14H2,1H3,(H,21,26)/t17-,18+,19+/m1/s1. The minimum absolute atomic E-state index is 0.0363. The van der Waals surface area contributed by atoms with Crippen molar-refractivity contribution in [2.24, 2.45) is 0 Å². The number of hydrogen-bond donors (Lipinski definition) is 2. The van der Waals surface area contributed by atoms with E-state index < -0.39 is 12.2 Å². The molecule has 2 aliphatic heterocycles. The predicted molar refractivity (Wildman–Crippen MR) is 102 cm³/mol. The van der Waals surface area contributed by atoms with Gasteiger partial charge in [-0.25, -0.2) is 0 Å². The molecule has 0 saturated carbocycles. The van der Waals surface area contributed by atoms with Crippen LogP contribution in [0.25, 0.3) is 0 Å². The second-order valence-corrected chi connectivity index (χ2v) is 7.32. The largest absolute Gasteiger partial charge is 0.390 e. The fourth-order valence-electron chi connectivity index (χ4n) is 3.67. The van der Waals surface area contributed by atoms with Crippen LogP contribution in [0.3, 0.4) is 0 Å². The lowest BCUT2D eigenvalue weighted by molar-refractivity contribution is -0.153. The number of aliphatic hydroxyl groups excluding tert-OH is 1. The molecule has 1 aromatic rings. The number of carbonyl (C=O) groups excluding carboxylic acids is 2. The van der Waals surface area contributed by atoms with Gasteiger partial charge in [-0.3, -0.25) is 14.5 Å². The summed E-state index contributed by atoms with van der Waals surface area (Å²) in [6.07, 6.45) is 0.495. The SMILES string of the molecule is CC(=O)N1CCN(CC[C@H]2CC[C@H](O)[C@@H](C(=O)Nc3ccccc3)O2)CC1. The summed E-state index contributed by atoms with van der Waals surface area (Å²) in [5.41, 5.74) is 0.698. The van der Waals surface area contributed by atoms with Gasteiger partial charge in [-0.2, -0.15) is 0 Å². The van der Waals surface area contributed by atoms with Crippen molar-refractivity contribution in [3.05, 3.63) is 30.3 Å². The highest BCUT2D eigenvalue weighted by atomic mass is 16.5. The van der Waals surface area contributed by atoms with Gasteiger partial charge in [0.1, 0.15) is 0 Å². The summed E-state index contributed by atoms with van der Waals surface area (Å²) < 4.78 is 5.93. The average molecular weight is 375 g/mol. The minimum atomic E-state index is -0.835. The van der Waals surface area contributed by atoms with Crippen molar-refractivity contribution in [2.75, 3.05) is 38.0 Å². The molecule has 7 heteroatoms. The van der Waals surface area contributed by atoms with Crippen LogP contribution in [-0.4, -0.2) is 77.8 Å². The van der Waals surface area contributed by atoms with Crippen LogP contribution in [0.4, 0.5) is 5.69 Å². The average Bonchev–Trinajstić information content (AvgIpc) is 2.68. The summed E-state index contributed by atoms with van der Waals surface area (Å²) in [6.45, 7) is 5.75. The number of benzene rings is 1. The van der Waals surface area contributed by atoms with E-state index in [1.165, 1.54) is 0 Å². The third-order valence-corrected chi connectivity index (χ3v) is 5.36. The van der Waals surface area contributed by atoms with Crippen LogP contribution in [-0.2, 0) is 14.3 Å². The molecule has 0 aromatic heterocycles. The molecular formula is C20H29N3O4. The van der Waals surface area contributed by atoms with Crippen LogP contribution in [0.5, 0.6) is 0 Å². The summed E-state index contributed by atoms with van der Waals surface area (Å²) in [6, 6.07) is 9.20. The molecule has 3 atom stereocenters. The first-order valence-corrected chi connectivity index (χ1v) is 9.70. The molecule has 2 heterocycles. The zero-order valence-electron chi connectivity index (χ0n) is 15.8. The van der Waals surface area contributed by atoms with Crippen molar-refractivity contribution in [2.45, 2.75) is 44.5 Å². The first kappa shape index (κ1) is 19.8. The second-order valence-electron chi connectivity index (χ2n) is 7.32. The Labute approximate surface area is 160 Å². The molecule has 0 spiro atoms. The van der Waals surface area contributed by atoms with E-state index in [1.807, 2.05) is 35.2 Å². The number of piperazine rings is 1. The van der Waals surface area contributed by atoms with Crippen molar-refractivity contribution in [1.82, 2.24) is 9.80 Å². The molecule has 7 nitrogen and oxygen atoms in total. The number of rotatable bonds is 5. The van der Waals surface area contributed by atoms with Gasteiger partial charge < -0.3 is 20.1 Å². The number of para-hydroxylation sites is 1. The van der Waals surface area contributed by atoms with Gasteiger partial charge in [0.15, 0.2) is 6.10 Å². The Bertz CT molecular complexity index is 631. The molecule has 2 fully saturated rings. The molecule has 0 unspecified atom stereocenters. The van der Waals surface area contributed by atoms with Crippen molar-refractivity contribution >= 4 is 17.5 Å². The first-order chi connectivity index (χ1) is 13.0. The number of nitrogens with one attached hydrogen (secondary N) is 1. The number of hydrogen-bond acceptors (Lipinski definition) is 5. The van der Waals surface area contributed by atoms with Gasteiger partial charge in [0.2, 0.25) is 5.91 Å². The Kier molecular flexibility index (Phi) is 6.82. The topological polar surface area (TPSA) is 82.1 Å². The molecule has 148 valence electrons. The van der Waals surface area contributed by atoms with Gasteiger partial charge in [-0.15, -0.1) is 0 Å². The van der Waals surface area contributed by atoms with E-state index in [0.717, 1.165) is 45.6 Å². The molecule has 2 N–H and O–H groups in total. The molecule has 27 heavy (non-hydrogen) atoms. The van der Waals surface area contributed by atoms with Crippen LogP contribution in [0.15, 0.2) is 30.3 Å². The maximum atomic E-state index is 12.5. The smallest absolute Gasteiger partial charge is 0.256 e. The van der Waals surface area contributed by atoms with Gasteiger partial charge in [0, 0.05) is 45.3 Å². The van der Waals surface area contributed by atoms with Crippen LogP contribution in [0, 0.1) is 0 Å². The number of aliphatic hydroxyl groups is 1. The van der Waals surface area contributed by atoms with Crippen molar-refractivity contribution in [3.63, 3.8) is 0 Å². The molecule has 2 saturated heterocycles. The Balaban J connectivity index is 1.46. The summed E-state index contributed by atoms with van der Waals surface area (Å²) >= 11 is 0. The zero-order valence-corrected chi connectivity index (χ0v) is 15.8. The lowest BCUT2D eigenvalue weighted by Gasteiger charge is -2.37. The van der Waals surface area contributed by atoms with Gasteiger partial charge in [-0.05, 0) is 31.4 Å². The third-order valence-electron chi connectivity index (χ3n) is 5.36. The van der Waals surface area contributed by atoms with E-state index in [2.05, 4.69) is 10.2 Å². The zero-order chi connectivity index (χ0) is 19.2. The van der Waals surface area contributed by atoms with E-state index in [4.69, 9.17) is 4.74 Å². The summed E-state index contributed by atoms with van der Waals surface area (Å²) in [4.78, 5) is 28.1. The Morgan fingerprint density at radius 3 is 2.52 bits per heavy atom. The third kappa shape index (κ3) is 5.51. The Morgan fingerprint density at radius 2 is 1.85 bits per heavy atom. The fourth-order valence-corrected chi connectivity index (χ4v) is 3.67. The van der Waals surface area contributed by atoms with E-state index in [-0.39, 0.29) is 17.9 Å². The maximum absolute atomic E-state index is 12.5. The van der Waals surface area contributed by atoms with Crippen molar-refractivity contribution < 1.29 is 19.4 Å². The molecule has 3 rings (SSSR count). The normalized spacial score (nSPS) is 26.6. The molecule has 2 aliphatic rings. The van der Waals surface area contributed by atoms with E-state index in [9.17, 15) is 14.7 Å². The number of carbonyl (C=O) groups is 2. The molecule has 1 aromatic carbocycles. The predicted octanol–water partition coefficient (Wildman–Crippen LogP) is 1.09. The van der Waals surface area contributed by atoms with Gasteiger partial charge >= 0.3 is 0 Å². The molecule has 2 amide bonds. The number of ether oxygens (including phenoxy) is 1. The van der Waals surface area contributed by atoms with Crippen LogP contribution < -0.4 is 5.32 Å². The van der Waals surface area contributed by atoms with Crippen molar-refractivity contribution in [3.8, 4) is 0 Å². The molecule has 0 aliphatic carbocycles. The lowest BCUT2D eigenvalue weighted by atomic mass is 9.98. The second kappa shape index (κ2) is 9.30. The first-order valence-electron chi connectivity index (χ1n) is 9.70. The quantitative estimate of drug-likeness (QED) is 0.805. The Hall–Kier alpha value is -1.96. The van der Waals surface area contributed by atoms with Crippen LogP contribution >= 0.6 is 0 Å². The lowest BCUT2D eigenvalue weighted by Crippen LogP contribution is -2.50. The van der Waals surface area contributed by atoms with E-state index in [1.54, 1.807) is 6.92 Å². The molecule has 0 radical (unpaired) electrons. The molecular weight excluding hydrogens is 346 g/mol. The van der Waals surface area contributed by atoms with Gasteiger partial charge in [-0.1, -0.05) is 18.2 Å².